The van der Waals surface area contributed by atoms with Gasteiger partial charge in [0.15, 0.2) is 11.5 Å². The van der Waals surface area contributed by atoms with E-state index in [9.17, 15) is 9.59 Å². The van der Waals surface area contributed by atoms with Gasteiger partial charge in [-0.3, -0.25) is 9.59 Å². The molecule has 2 aromatic carbocycles. The maximum absolute atomic E-state index is 12.3. The molecular weight excluding hydrogens is 348 g/mol. The van der Waals surface area contributed by atoms with E-state index >= 15 is 0 Å². The van der Waals surface area contributed by atoms with Crippen molar-refractivity contribution in [1.29, 1.82) is 0 Å². The van der Waals surface area contributed by atoms with Crippen LogP contribution < -0.4 is 24.8 Å². The molecule has 7 heteroatoms. The number of methoxy groups -OCH3 is 3. The van der Waals surface area contributed by atoms with Crippen LogP contribution in [0.4, 0.5) is 11.4 Å². The standard InChI is InChI=1S/C20H22N2O5/c1-25-16-8-12(9-17(26-2)20(16)27-3)4-7-18(23)21-14-5-6-15-13(10-14)11-19(24)22-15/h5-6,8-10H,4,7,11H2,1-3H3,(H,21,23)(H,22,24). The number of ether oxygens (including phenoxy) is 3. The molecule has 0 spiro atoms. The Balaban J connectivity index is 1.64. The van der Waals surface area contributed by atoms with Crippen molar-refractivity contribution in [1.82, 2.24) is 0 Å². The Labute approximate surface area is 157 Å². The first kappa shape index (κ1) is 18.6. The summed E-state index contributed by atoms with van der Waals surface area (Å²) in [5.74, 6) is 1.50. The van der Waals surface area contributed by atoms with Gasteiger partial charge in [0.05, 0.1) is 27.8 Å². The normalized spacial score (nSPS) is 12.2. The fraction of sp³-hybridized carbons (Fsp3) is 0.300. The van der Waals surface area contributed by atoms with E-state index in [2.05, 4.69) is 10.6 Å². The molecule has 3 rings (SSSR count). The quantitative estimate of drug-likeness (QED) is 0.783. The molecule has 2 N–H and O–H groups in total. The lowest BCUT2D eigenvalue weighted by molar-refractivity contribution is -0.116. The van der Waals surface area contributed by atoms with E-state index in [0.29, 0.717) is 42.2 Å². The van der Waals surface area contributed by atoms with Crippen LogP contribution in [-0.4, -0.2) is 33.1 Å². The van der Waals surface area contributed by atoms with Crippen molar-refractivity contribution in [3.63, 3.8) is 0 Å². The van der Waals surface area contributed by atoms with E-state index in [-0.39, 0.29) is 11.8 Å². The smallest absolute Gasteiger partial charge is 0.228 e. The van der Waals surface area contributed by atoms with Crippen molar-refractivity contribution in [2.75, 3.05) is 32.0 Å². The number of carbonyl (C=O) groups is 2. The minimum Gasteiger partial charge on any atom is -0.493 e. The van der Waals surface area contributed by atoms with Gasteiger partial charge in [0.25, 0.3) is 0 Å². The van der Waals surface area contributed by atoms with Crippen molar-refractivity contribution < 1.29 is 23.8 Å². The van der Waals surface area contributed by atoms with E-state index in [1.165, 1.54) is 0 Å². The van der Waals surface area contributed by atoms with Gasteiger partial charge in [-0.1, -0.05) is 0 Å². The van der Waals surface area contributed by atoms with E-state index in [0.717, 1.165) is 16.8 Å². The Morgan fingerprint density at radius 1 is 1.07 bits per heavy atom. The number of benzene rings is 2. The molecular formula is C20H22N2O5. The maximum Gasteiger partial charge on any atom is 0.228 e. The molecule has 0 saturated carbocycles. The monoisotopic (exact) mass is 370 g/mol. The van der Waals surface area contributed by atoms with Crippen LogP contribution in [0.3, 0.4) is 0 Å². The summed E-state index contributed by atoms with van der Waals surface area (Å²) in [7, 11) is 4.66. The molecule has 0 fully saturated rings. The van der Waals surface area contributed by atoms with Crippen molar-refractivity contribution in [3.05, 3.63) is 41.5 Å². The SMILES string of the molecule is COc1cc(CCC(=O)Nc2ccc3c(c2)CC(=O)N3)cc(OC)c1OC. The number of carbonyl (C=O) groups excluding carboxylic acids is 2. The highest BCUT2D eigenvalue weighted by Crippen LogP contribution is 2.38. The fourth-order valence-electron chi connectivity index (χ4n) is 3.07. The molecule has 0 aromatic heterocycles. The summed E-state index contributed by atoms with van der Waals surface area (Å²) >= 11 is 0. The van der Waals surface area contributed by atoms with Crippen LogP contribution in [0, 0.1) is 0 Å². The summed E-state index contributed by atoms with van der Waals surface area (Å²) in [5, 5.41) is 5.64. The van der Waals surface area contributed by atoms with Gasteiger partial charge in [-0.25, -0.2) is 0 Å². The first-order chi connectivity index (χ1) is 13.0. The van der Waals surface area contributed by atoms with Crippen molar-refractivity contribution in [2.24, 2.45) is 0 Å². The van der Waals surface area contributed by atoms with Crippen LogP contribution in [0.25, 0.3) is 0 Å². The molecule has 7 nitrogen and oxygen atoms in total. The number of hydrogen-bond donors (Lipinski definition) is 2. The second kappa shape index (κ2) is 7.99. The lowest BCUT2D eigenvalue weighted by atomic mass is 10.1. The Bertz CT molecular complexity index is 854. The molecule has 1 aliphatic heterocycles. The van der Waals surface area contributed by atoms with Crippen LogP contribution in [0.1, 0.15) is 17.5 Å². The lowest BCUT2D eigenvalue weighted by Crippen LogP contribution is -2.12. The number of fused-ring (bicyclic) bond motifs is 1. The van der Waals surface area contributed by atoms with Crippen LogP contribution in [0.5, 0.6) is 17.2 Å². The van der Waals surface area contributed by atoms with E-state index in [1.807, 2.05) is 18.2 Å². The van der Waals surface area contributed by atoms with Gasteiger partial charge in [0, 0.05) is 17.8 Å². The summed E-state index contributed by atoms with van der Waals surface area (Å²) in [4.78, 5) is 23.7. The molecule has 142 valence electrons. The molecule has 2 amide bonds. The summed E-state index contributed by atoms with van der Waals surface area (Å²) in [6.45, 7) is 0. The first-order valence-electron chi connectivity index (χ1n) is 8.55. The van der Waals surface area contributed by atoms with Gasteiger partial charge in [0.2, 0.25) is 17.6 Å². The fourth-order valence-corrected chi connectivity index (χ4v) is 3.07. The van der Waals surface area contributed by atoms with Gasteiger partial charge in [0.1, 0.15) is 0 Å². The average molecular weight is 370 g/mol. The zero-order chi connectivity index (χ0) is 19.4. The molecule has 0 aliphatic carbocycles. The van der Waals surface area contributed by atoms with Gasteiger partial charge in [-0.2, -0.15) is 0 Å². The highest BCUT2D eigenvalue weighted by Gasteiger charge is 2.18. The summed E-state index contributed by atoms with van der Waals surface area (Å²) < 4.78 is 16.0. The molecule has 27 heavy (non-hydrogen) atoms. The van der Waals surface area contributed by atoms with E-state index in [4.69, 9.17) is 14.2 Å². The molecule has 1 heterocycles. The topological polar surface area (TPSA) is 85.9 Å². The zero-order valence-corrected chi connectivity index (χ0v) is 15.5. The molecule has 0 radical (unpaired) electrons. The van der Waals surface area contributed by atoms with Gasteiger partial charge in [-0.15, -0.1) is 0 Å². The van der Waals surface area contributed by atoms with E-state index in [1.54, 1.807) is 33.5 Å². The molecule has 0 saturated heterocycles. The third-order valence-electron chi connectivity index (χ3n) is 4.38. The number of hydrogen-bond acceptors (Lipinski definition) is 5. The van der Waals surface area contributed by atoms with Crippen molar-refractivity contribution >= 4 is 23.2 Å². The van der Waals surface area contributed by atoms with Crippen LogP contribution >= 0.6 is 0 Å². The third kappa shape index (κ3) is 4.13. The molecule has 1 aliphatic rings. The maximum atomic E-state index is 12.3. The lowest BCUT2D eigenvalue weighted by Gasteiger charge is -2.14. The van der Waals surface area contributed by atoms with Crippen molar-refractivity contribution in [2.45, 2.75) is 19.3 Å². The average Bonchev–Trinajstić information content (AvgIpc) is 3.04. The summed E-state index contributed by atoms with van der Waals surface area (Å²) in [5.41, 5.74) is 3.28. The molecule has 0 atom stereocenters. The molecule has 2 aromatic rings. The summed E-state index contributed by atoms with van der Waals surface area (Å²) in [6.07, 6.45) is 1.16. The number of rotatable bonds is 7. The number of anilines is 2. The first-order valence-corrected chi connectivity index (χ1v) is 8.55. The third-order valence-corrected chi connectivity index (χ3v) is 4.38. The Kier molecular flexibility index (Phi) is 5.49. The minimum absolute atomic E-state index is 0.0316. The predicted octanol–water partition coefficient (Wildman–Crippen LogP) is 2.78. The molecule has 0 bridgehead atoms. The Morgan fingerprint density at radius 3 is 2.41 bits per heavy atom. The largest absolute Gasteiger partial charge is 0.493 e. The highest BCUT2D eigenvalue weighted by atomic mass is 16.5. The van der Waals surface area contributed by atoms with Crippen molar-refractivity contribution in [3.8, 4) is 17.2 Å². The second-order valence-electron chi connectivity index (χ2n) is 6.18. The van der Waals surface area contributed by atoms with Gasteiger partial charge >= 0.3 is 0 Å². The van der Waals surface area contributed by atoms with Gasteiger partial charge < -0.3 is 24.8 Å². The van der Waals surface area contributed by atoms with Crippen LogP contribution in [-0.2, 0) is 22.4 Å². The number of nitrogens with one attached hydrogen (secondary N) is 2. The van der Waals surface area contributed by atoms with Crippen LogP contribution in [0.15, 0.2) is 30.3 Å². The second-order valence-corrected chi connectivity index (χ2v) is 6.18. The Morgan fingerprint density at radius 2 is 1.78 bits per heavy atom. The van der Waals surface area contributed by atoms with Gasteiger partial charge in [-0.05, 0) is 47.9 Å². The highest BCUT2D eigenvalue weighted by molar-refractivity contribution is 6.00. The van der Waals surface area contributed by atoms with Crippen LogP contribution in [0.2, 0.25) is 0 Å². The van der Waals surface area contributed by atoms with E-state index < -0.39 is 0 Å². The molecule has 0 unspecified atom stereocenters. The Hall–Kier alpha value is -3.22. The predicted molar refractivity (Wildman–Crippen MR) is 102 cm³/mol. The minimum atomic E-state index is -0.110. The summed E-state index contributed by atoms with van der Waals surface area (Å²) in [6, 6.07) is 9.07. The number of aryl methyl sites for hydroxylation is 1. The zero-order valence-electron chi connectivity index (χ0n) is 15.5. The number of amides is 2.